The van der Waals surface area contributed by atoms with Crippen molar-refractivity contribution in [3.05, 3.63) is 11.6 Å². The summed E-state index contributed by atoms with van der Waals surface area (Å²) in [4.78, 5) is 0. The van der Waals surface area contributed by atoms with Crippen molar-refractivity contribution in [3.63, 3.8) is 0 Å². The molecule has 0 aromatic heterocycles. The first-order valence-corrected chi connectivity index (χ1v) is 4.97. The highest BCUT2D eigenvalue weighted by molar-refractivity contribution is 5.06. The van der Waals surface area contributed by atoms with Crippen molar-refractivity contribution in [2.24, 2.45) is 5.92 Å². The molecule has 0 heterocycles. The summed E-state index contributed by atoms with van der Waals surface area (Å²) in [6.45, 7) is 4.62. The minimum absolute atomic E-state index is 0.886. The second kappa shape index (κ2) is 4.58. The Labute approximate surface area is 70.7 Å². The third kappa shape index (κ3) is 3.60. The second-order valence-electron chi connectivity index (χ2n) is 4.04. The summed E-state index contributed by atoms with van der Waals surface area (Å²) in [6.07, 6.45) is 10.8. The van der Waals surface area contributed by atoms with Crippen molar-refractivity contribution < 1.29 is 0 Å². The van der Waals surface area contributed by atoms with Gasteiger partial charge in [-0.25, -0.2) is 0 Å². The van der Waals surface area contributed by atoms with Crippen LogP contribution in [0.1, 0.15) is 52.4 Å². The van der Waals surface area contributed by atoms with Crippen molar-refractivity contribution in [3.8, 4) is 0 Å². The van der Waals surface area contributed by atoms with Crippen LogP contribution in [0.4, 0.5) is 0 Å². The fraction of sp³-hybridized carbons (Fsp3) is 0.818. The van der Waals surface area contributed by atoms with Crippen LogP contribution in [0.25, 0.3) is 0 Å². The van der Waals surface area contributed by atoms with Gasteiger partial charge >= 0.3 is 0 Å². The average molecular weight is 152 g/mol. The van der Waals surface area contributed by atoms with Crippen LogP contribution in [-0.4, -0.2) is 0 Å². The summed E-state index contributed by atoms with van der Waals surface area (Å²) in [7, 11) is 0. The number of hydrogen-bond donors (Lipinski definition) is 0. The fourth-order valence-corrected chi connectivity index (χ4v) is 1.70. The Bertz CT molecular complexity index is 131. The van der Waals surface area contributed by atoms with Crippen LogP contribution in [0.5, 0.6) is 0 Å². The van der Waals surface area contributed by atoms with Gasteiger partial charge in [0.15, 0.2) is 0 Å². The monoisotopic (exact) mass is 152 g/mol. The largest absolute Gasteiger partial charge is 0.0853 e. The molecule has 0 bridgehead atoms. The van der Waals surface area contributed by atoms with Crippen LogP contribution in [0.3, 0.4) is 0 Å². The highest BCUT2D eigenvalue weighted by Gasteiger charge is 2.03. The molecule has 64 valence electrons. The topological polar surface area (TPSA) is 0 Å². The van der Waals surface area contributed by atoms with Crippen molar-refractivity contribution in [1.82, 2.24) is 0 Å². The summed E-state index contributed by atoms with van der Waals surface area (Å²) >= 11 is 0. The van der Waals surface area contributed by atoms with Gasteiger partial charge in [-0.2, -0.15) is 0 Å². The first-order valence-electron chi connectivity index (χ1n) is 4.97. The zero-order valence-corrected chi connectivity index (χ0v) is 7.90. The van der Waals surface area contributed by atoms with E-state index in [9.17, 15) is 0 Å². The van der Waals surface area contributed by atoms with Gasteiger partial charge in [0.05, 0.1) is 0 Å². The summed E-state index contributed by atoms with van der Waals surface area (Å²) in [6, 6.07) is 0. The minimum Gasteiger partial charge on any atom is -0.0853 e. The summed E-state index contributed by atoms with van der Waals surface area (Å²) in [5, 5.41) is 0. The highest BCUT2D eigenvalue weighted by Crippen LogP contribution is 2.23. The predicted octanol–water partition coefficient (Wildman–Crippen LogP) is 3.92. The van der Waals surface area contributed by atoms with Gasteiger partial charge in [0, 0.05) is 0 Å². The Morgan fingerprint density at radius 3 is 2.82 bits per heavy atom. The van der Waals surface area contributed by atoms with E-state index in [1.807, 2.05) is 0 Å². The molecule has 0 atom stereocenters. The van der Waals surface area contributed by atoms with Gasteiger partial charge in [-0.05, 0) is 38.0 Å². The predicted molar refractivity (Wildman–Crippen MR) is 50.6 cm³/mol. The molecule has 0 nitrogen and oxygen atoms in total. The van der Waals surface area contributed by atoms with E-state index in [4.69, 9.17) is 0 Å². The molecular weight excluding hydrogens is 132 g/mol. The second-order valence-corrected chi connectivity index (χ2v) is 4.04. The molecule has 0 aliphatic heterocycles. The summed E-state index contributed by atoms with van der Waals surface area (Å²) < 4.78 is 0. The molecule has 11 heavy (non-hydrogen) atoms. The van der Waals surface area contributed by atoms with Crippen LogP contribution in [0.2, 0.25) is 0 Å². The summed E-state index contributed by atoms with van der Waals surface area (Å²) in [5.41, 5.74) is 1.73. The molecule has 0 unspecified atom stereocenters. The molecule has 0 N–H and O–H groups in total. The maximum Gasteiger partial charge on any atom is -0.0317 e. The lowest BCUT2D eigenvalue weighted by molar-refractivity contribution is 0.552. The van der Waals surface area contributed by atoms with E-state index in [-0.39, 0.29) is 0 Å². The van der Waals surface area contributed by atoms with Crippen LogP contribution < -0.4 is 0 Å². The first-order chi connectivity index (χ1) is 5.29. The van der Waals surface area contributed by atoms with Crippen LogP contribution in [0.15, 0.2) is 11.6 Å². The Balaban J connectivity index is 2.03. The van der Waals surface area contributed by atoms with E-state index in [0.29, 0.717) is 0 Å². The van der Waals surface area contributed by atoms with Gasteiger partial charge in [0.2, 0.25) is 0 Å². The molecule has 0 saturated carbocycles. The van der Waals surface area contributed by atoms with Crippen molar-refractivity contribution in [1.29, 1.82) is 0 Å². The molecule has 0 radical (unpaired) electrons. The average Bonchev–Trinajstić information content (AvgIpc) is 2.39. The molecule has 0 fully saturated rings. The molecule has 1 rings (SSSR count). The van der Waals surface area contributed by atoms with E-state index in [2.05, 4.69) is 19.9 Å². The van der Waals surface area contributed by atoms with Crippen molar-refractivity contribution in [2.75, 3.05) is 0 Å². The Morgan fingerprint density at radius 2 is 2.27 bits per heavy atom. The third-order valence-corrected chi connectivity index (χ3v) is 2.41. The Hall–Kier alpha value is -0.260. The van der Waals surface area contributed by atoms with E-state index < -0.39 is 0 Å². The minimum atomic E-state index is 0.886. The first kappa shape index (κ1) is 8.83. The Morgan fingerprint density at radius 1 is 1.45 bits per heavy atom. The van der Waals surface area contributed by atoms with Crippen LogP contribution >= 0.6 is 0 Å². The molecular formula is C11H20. The molecule has 0 aromatic rings. The maximum absolute atomic E-state index is 2.44. The van der Waals surface area contributed by atoms with Gasteiger partial charge in [0.25, 0.3) is 0 Å². The maximum atomic E-state index is 2.44. The molecule has 0 amide bonds. The van der Waals surface area contributed by atoms with Gasteiger partial charge < -0.3 is 0 Å². The van der Waals surface area contributed by atoms with Crippen molar-refractivity contribution >= 4 is 0 Å². The number of hydrogen-bond acceptors (Lipinski definition) is 0. The third-order valence-electron chi connectivity index (χ3n) is 2.41. The zero-order chi connectivity index (χ0) is 8.10. The van der Waals surface area contributed by atoms with E-state index in [0.717, 1.165) is 5.92 Å². The number of allylic oxidation sites excluding steroid dienone is 2. The lowest BCUT2D eigenvalue weighted by atomic mass is 10.0. The van der Waals surface area contributed by atoms with Gasteiger partial charge in [0.1, 0.15) is 0 Å². The molecule has 0 aromatic carbocycles. The molecule has 0 saturated heterocycles. The standard InChI is InChI=1S/C11H20/c1-10(2)6-5-9-11-7-3-4-8-11/h7,10H,3-6,8-9H2,1-2H3. The highest BCUT2D eigenvalue weighted by atomic mass is 14.1. The van der Waals surface area contributed by atoms with Gasteiger partial charge in [-0.3, -0.25) is 0 Å². The lowest BCUT2D eigenvalue weighted by Crippen LogP contribution is -1.87. The van der Waals surface area contributed by atoms with E-state index in [1.165, 1.54) is 38.5 Å². The normalized spacial score (nSPS) is 17.5. The van der Waals surface area contributed by atoms with E-state index >= 15 is 0 Å². The quantitative estimate of drug-likeness (QED) is 0.535. The lowest BCUT2D eigenvalue weighted by Gasteiger charge is -2.04. The fourth-order valence-electron chi connectivity index (χ4n) is 1.70. The summed E-state index contributed by atoms with van der Waals surface area (Å²) in [5.74, 6) is 0.886. The number of rotatable bonds is 4. The zero-order valence-electron chi connectivity index (χ0n) is 7.90. The Kier molecular flexibility index (Phi) is 3.68. The van der Waals surface area contributed by atoms with Gasteiger partial charge in [-0.1, -0.05) is 31.9 Å². The van der Waals surface area contributed by atoms with Gasteiger partial charge in [-0.15, -0.1) is 0 Å². The molecule has 0 heteroatoms. The van der Waals surface area contributed by atoms with Crippen LogP contribution in [-0.2, 0) is 0 Å². The van der Waals surface area contributed by atoms with Crippen molar-refractivity contribution in [2.45, 2.75) is 52.4 Å². The molecule has 1 aliphatic carbocycles. The SMILES string of the molecule is CC(C)CCCC1=CCCC1. The molecule has 0 spiro atoms. The molecule has 1 aliphatic rings. The van der Waals surface area contributed by atoms with E-state index in [1.54, 1.807) is 5.57 Å². The smallest absolute Gasteiger partial charge is 0.0317 e. The van der Waals surface area contributed by atoms with Crippen LogP contribution in [0, 0.1) is 5.92 Å².